The molecule has 0 aromatic heterocycles. The molecule has 0 saturated carbocycles. The highest BCUT2D eigenvalue weighted by molar-refractivity contribution is 6.30. The van der Waals surface area contributed by atoms with Gasteiger partial charge in [0.25, 0.3) is 0 Å². The van der Waals surface area contributed by atoms with Crippen molar-refractivity contribution in [3.05, 3.63) is 59.1 Å². The van der Waals surface area contributed by atoms with Crippen LogP contribution < -0.4 is 9.64 Å². The Labute approximate surface area is 140 Å². The van der Waals surface area contributed by atoms with Crippen molar-refractivity contribution in [3.63, 3.8) is 0 Å². The van der Waals surface area contributed by atoms with Crippen molar-refractivity contribution < 1.29 is 14.3 Å². The summed E-state index contributed by atoms with van der Waals surface area (Å²) >= 11 is 5.95. The smallest absolute Gasteiger partial charge is 0.331 e. The number of halogens is 1. The summed E-state index contributed by atoms with van der Waals surface area (Å²) in [6.07, 6.45) is 0. The first-order chi connectivity index (χ1) is 11.2. The fourth-order valence-corrected chi connectivity index (χ4v) is 2.91. The Balaban J connectivity index is 1.88. The lowest BCUT2D eigenvalue weighted by molar-refractivity contribution is -0.142. The predicted molar refractivity (Wildman–Crippen MR) is 90.1 cm³/mol. The predicted octanol–water partition coefficient (Wildman–Crippen LogP) is 3.84. The molecule has 0 amide bonds. The maximum absolute atomic E-state index is 12.2. The number of hydrogen-bond donors (Lipinski definition) is 0. The molecule has 23 heavy (non-hydrogen) atoms. The Hall–Kier alpha value is -2.20. The standard InChI is InChI=1S/C18H18ClNO3/c1-3-23-18(21)17-16(12-4-6-13(19)7-5-12)20(17)14-8-10-15(22-2)11-9-14/h4-11,16-17H,3H2,1-2H3/t16-,17-,20?/m1/s1. The second-order valence-corrected chi connectivity index (χ2v) is 5.74. The van der Waals surface area contributed by atoms with Gasteiger partial charge in [-0.1, -0.05) is 23.7 Å². The number of benzene rings is 2. The molecule has 2 aromatic carbocycles. The number of rotatable bonds is 5. The van der Waals surface area contributed by atoms with Crippen molar-refractivity contribution in [2.24, 2.45) is 0 Å². The van der Waals surface area contributed by atoms with Crippen molar-refractivity contribution in [2.45, 2.75) is 19.0 Å². The monoisotopic (exact) mass is 331 g/mol. The van der Waals surface area contributed by atoms with Crippen LogP contribution in [0.2, 0.25) is 5.02 Å². The topological polar surface area (TPSA) is 38.5 Å². The van der Waals surface area contributed by atoms with E-state index in [-0.39, 0.29) is 18.1 Å². The van der Waals surface area contributed by atoms with Crippen LogP contribution in [0.4, 0.5) is 5.69 Å². The van der Waals surface area contributed by atoms with Gasteiger partial charge in [-0.15, -0.1) is 0 Å². The van der Waals surface area contributed by atoms with Gasteiger partial charge in [0, 0.05) is 10.7 Å². The molecular weight excluding hydrogens is 314 g/mol. The third-order valence-corrected chi connectivity index (χ3v) is 4.17. The van der Waals surface area contributed by atoms with Crippen molar-refractivity contribution in [2.75, 3.05) is 18.6 Å². The normalized spacial score (nSPS) is 19.3. The molecule has 0 spiro atoms. The van der Waals surface area contributed by atoms with E-state index in [2.05, 4.69) is 0 Å². The minimum absolute atomic E-state index is 0.0280. The Kier molecular flexibility index (Phi) is 4.44. The fourth-order valence-electron chi connectivity index (χ4n) is 2.78. The molecule has 1 fully saturated rings. The van der Waals surface area contributed by atoms with Crippen LogP contribution in [-0.4, -0.2) is 25.7 Å². The van der Waals surface area contributed by atoms with Gasteiger partial charge in [-0.2, -0.15) is 0 Å². The van der Waals surface area contributed by atoms with E-state index in [1.54, 1.807) is 7.11 Å². The van der Waals surface area contributed by atoms with Gasteiger partial charge in [0.1, 0.15) is 5.75 Å². The van der Waals surface area contributed by atoms with E-state index in [0.29, 0.717) is 11.6 Å². The zero-order chi connectivity index (χ0) is 16.4. The quantitative estimate of drug-likeness (QED) is 0.616. The summed E-state index contributed by atoms with van der Waals surface area (Å²) in [5.41, 5.74) is 2.01. The van der Waals surface area contributed by atoms with E-state index in [1.807, 2.05) is 60.4 Å². The first-order valence-corrected chi connectivity index (χ1v) is 7.88. The van der Waals surface area contributed by atoms with Crippen LogP contribution in [0.1, 0.15) is 18.5 Å². The third-order valence-electron chi connectivity index (χ3n) is 3.92. The van der Waals surface area contributed by atoms with E-state index >= 15 is 0 Å². The summed E-state index contributed by atoms with van der Waals surface area (Å²) in [5, 5.41) is 0.679. The summed E-state index contributed by atoms with van der Waals surface area (Å²) in [5.74, 6) is 0.578. The van der Waals surface area contributed by atoms with E-state index in [4.69, 9.17) is 21.1 Å². The van der Waals surface area contributed by atoms with Crippen LogP contribution in [0.5, 0.6) is 5.75 Å². The average Bonchev–Trinajstić information content (AvgIpc) is 3.31. The lowest BCUT2D eigenvalue weighted by atomic mass is 10.1. The number of nitrogens with zero attached hydrogens (tertiary/aromatic N) is 1. The maximum Gasteiger partial charge on any atom is 0.331 e. The molecule has 0 N–H and O–H groups in total. The first-order valence-electron chi connectivity index (χ1n) is 7.50. The summed E-state index contributed by atoms with van der Waals surface area (Å²) in [7, 11) is 1.63. The van der Waals surface area contributed by atoms with E-state index in [9.17, 15) is 4.79 Å². The highest BCUT2D eigenvalue weighted by Gasteiger charge is 2.54. The Morgan fingerprint density at radius 1 is 1.13 bits per heavy atom. The second-order valence-electron chi connectivity index (χ2n) is 5.30. The number of hydrogen-bond acceptors (Lipinski definition) is 4. The number of ether oxygens (including phenoxy) is 2. The van der Waals surface area contributed by atoms with Gasteiger partial charge in [0.15, 0.2) is 6.04 Å². The number of carbonyl (C=O) groups is 1. The van der Waals surface area contributed by atoms with E-state index in [1.165, 1.54) is 0 Å². The molecule has 1 aliphatic rings. The molecular formula is C18H18ClNO3. The molecule has 1 aliphatic heterocycles. The lowest BCUT2D eigenvalue weighted by Gasteiger charge is -2.07. The second kappa shape index (κ2) is 6.50. The molecule has 1 saturated heterocycles. The summed E-state index contributed by atoms with van der Waals surface area (Å²) in [6, 6.07) is 14.9. The largest absolute Gasteiger partial charge is 0.497 e. The van der Waals surface area contributed by atoms with Crippen LogP contribution in [0.15, 0.2) is 48.5 Å². The van der Waals surface area contributed by atoms with Crippen LogP contribution in [0.25, 0.3) is 0 Å². The zero-order valence-corrected chi connectivity index (χ0v) is 13.8. The molecule has 0 bridgehead atoms. The van der Waals surface area contributed by atoms with Crippen LogP contribution in [0, 0.1) is 0 Å². The third kappa shape index (κ3) is 3.13. The van der Waals surface area contributed by atoms with Gasteiger partial charge >= 0.3 is 5.97 Å². The summed E-state index contributed by atoms with van der Waals surface area (Å²) in [4.78, 5) is 14.3. The lowest BCUT2D eigenvalue weighted by Crippen LogP contribution is -2.15. The van der Waals surface area contributed by atoms with Crippen LogP contribution >= 0.6 is 11.6 Å². The average molecular weight is 332 g/mol. The molecule has 0 unspecified atom stereocenters. The number of anilines is 1. The SMILES string of the molecule is CCOC(=O)[C@H]1[C@@H](c2ccc(Cl)cc2)N1c1ccc(OC)cc1. The van der Waals surface area contributed by atoms with Gasteiger partial charge in [0.2, 0.25) is 0 Å². The number of methoxy groups -OCH3 is 1. The highest BCUT2D eigenvalue weighted by atomic mass is 35.5. The molecule has 2 aromatic rings. The maximum atomic E-state index is 12.2. The van der Waals surface area contributed by atoms with Crippen LogP contribution in [-0.2, 0) is 9.53 Å². The van der Waals surface area contributed by atoms with Gasteiger partial charge < -0.3 is 14.4 Å². The molecule has 0 aliphatic carbocycles. The van der Waals surface area contributed by atoms with Gasteiger partial charge in [-0.25, -0.2) is 4.79 Å². The van der Waals surface area contributed by atoms with Gasteiger partial charge in [-0.3, -0.25) is 0 Å². The number of carbonyl (C=O) groups excluding carboxylic acids is 1. The summed E-state index contributed by atoms with van der Waals surface area (Å²) < 4.78 is 10.4. The Morgan fingerprint density at radius 3 is 2.35 bits per heavy atom. The van der Waals surface area contributed by atoms with Crippen molar-refractivity contribution >= 4 is 23.3 Å². The minimum atomic E-state index is -0.301. The Morgan fingerprint density at radius 2 is 1.78 bits per heavy atom. The van der Waals surface area contributed by atoms with Crippen LogP contribution in [0.3, 0.4) is 0 Å². The van der Waals surface area contributed by atoms with Crippen molar-refractivity contribution in [1.82, 2.24) is 0 Å². The molecule has 1 heterocycles. The van der Waals surface area contributed by atoms with Crippen molar-refractivity contribution in [1.29, 1.82) is 0 Å². The minimum Gasteiger partial charge on any atom is -0.497 e. The molecule has 4 nitrogen and oxygen atoms in total. The van der Waals surface area contributed by atoms with Gasteiger partial charge in [-0.05, 0) is 48.9 Å². The highest BCUT2D eigenvalue weighted by Crippen LogP contribution is 2.47. The first kappa shape index (κ1) is 15.7. The number of esters is 1. The Bertz CT molecular complexity index is 684. The van der Waals surface area contributed by atoms with E-state index < -0.39 is 0 Å². The van der Waals surface area contributed by atoms with Crippen molar-refractivity contribution in [3.8, 4) is 5.75 Å². The summed E-state index contributed by atoms with van der Waals surface area (Å²) in [6.45, 7) is 2.19. The fraction of sp³-hybridized carbons (Fsp3) is 0.278. The van der Waals surface area contributed by atoms with Gasteiger partial charge in [0.05, 0.1) is 19.8 Å². The molecule has 3 rings (SSSR count). The zero-order valence-electron chi connectivity index (χ0n) is 13.0. The molecule has 2 atom stereocenters. The molecule has 120 valence electrons. The molecule has 5 heteroatoms. The molecule has 0 radical (unpaired) electrons. The van der Waals surface area contributed by atoms with E-state index in [0.717, 1.165) is 17.0 Å².